The van der Waals surface area contributed by atoms with E-state index in [1.54, 1.807) is 0 Å². The van der Waals surface area contributed by atoms with E-state index in [2.05, 4.69) is 49.9 Å². The molecule has 3 fully saturated rings. The first-order valence-electron chi connectivity index (χ1n) is 14.4. The highest BCUT2D eigenvalue weighted by atomic mass is 16.2. The van der Waals surface area contributed by atoms with E-state index in [4.69, 9.17) is 9.97 Å². The van der Waals surface area contributed by atoms with Gasteiger partial charge in [0.05, 0.1) is 17.4 Å². The van der Waals surface area contributed by atoms with Gasteiger partial charge < -0.3 is 20.1 Å². The van der Waals surface area contributed by atoms with Crippen molar-refractivity contribution < 1.29 is 4.79 Å². The van der Waals surface area contributed by atoms with Gasteiger partial charge in [0.15, 0.2) is 0 Å². The zero-order valence-corrected chi connectivity index (χ0v) is 22.5. The largest absolute Gasteiger partial charge is 0.367 e. The summed E-state index contributed by atoms with van der Waals surface area (Å²) in [7, 11) is 0. The van der Waals surface area contributed by atoms with Crippen molar-refractivity contribution in [3.63, 3.8) is 0 Å². The summed E-state index contributed by atoms with van der Waals surface area (Å²) in [6.45, 7) is 8.68. The molecule has 2 saturated carbocycles. The number of rotatable bonds is 5. The zero-order valence-electron chi connectivity index (χ0n) is 22.5. The Balaban J connectivity index is 1.10. The maximum Gasteiger partial charge on any atom is 0.268 e. The minimum atomic E-state index is -0.0915. The topological polar surface area (TPSA) is 91.2 Å². The smallest absolute Gasteiger partial charge is 0.268 e. The molecule has 1 spiro atoms. The number of aromatic nitrogens is 4. The molecular weight excluding hydrogens is 476 g/mol. The van der Waals surface area contributed by atoms with Crippen molar-refractivity contribution in [2.45, 2.75) is 76.4 Å². The standard InChI is InChI=1S/C29H38N8O/c1-19-15-35(16-20(2)36(19)17-21-6-7-21)23-8-9-25(30-14-23)33-28-31-13-22-12-24-27(38)32-18-29(10-4-3-5-11-29)37(24)26(22)34-28/h8-9,12-14,19-21H,3-7,10-11,15-18H2,1-2H3,(H,32,38)(H,30,31,33,34). The van der Waals surface area contributed by atoms with Gasteiger partial charge >= 0.3 is 0 Å². The molecular formula is C29H38N8O. The van der Waals surface area contributed by atoms with Crippen molar-refractivity contribution in [1.82, 2.24) is 29.7 Å². The van der Waals surface area contributed by atoms with Gasteiger partial charge in [-0.25, -0.2) is 9.97 Å². The highest BCUT2D eigenvalue weighted by molar-refractivity contribution is 5.99. The van der Waals surface area contributed by atoms with Gasteiger partial charge in [-0.2, -0.15) is 4.98 Å². The number of anilines is 3. The van der Waals surface area contributed by atoms with Crippen LogP contribution >= 0.6 is 0 Å². The highest BCUT2D eigenvalue weighted by Gasteiger charge is 2.41. The van der Waals surface area contributed by atoms with Crippen LogP contribution in [-0.4, -0.2) is 68.6 Å². The quantitative estimate of drug-likeness (QED) is 0.525. The number of hydrogen-bond acceptors (Lipinski definition) is 7. The summed E-state index contributed by atoms with van der Waals surface area (Å²) >= 11 is 0. The van der Waals surface area contributed by atoms with Crippen molar-refractivity contribution >= 4 is 34.4 Å². The van der Waals surface area contributed by atoms with Crippen LogP contribution in [0.2, 0.25) is 0 Å². The number of fused-ring (bicyclic) bond motifs is 4. The number of hydrogen-bond donors (Lipinski definition) is 2. The van der Waals surface area contributed by atoms with Gasteiger partial charge in [0.1, 0.15) is 17.2 Å². The van der Waals surface area contributed by atoms with Crippen molar-refractivity contribution in [2.75, 3.05) is 36.4 Å². The summed E-state index contributed by atoms with van der Waals surface area (Å²) in [5.74, 6) is 2.12. The molecule has 4 aliphatic rings. The Morgan fingerprint density at radius 1 is 1.05 bits per heavy atom. The van der Waals surface area contributed by atoms with E-state index in [0.717, 1.165) is 54.4 Å². The second-order valence-corrected chi connectivity index (χ2v) is 12.1. The first-order valence-corrected chi connectivity index (χ1v) is 14.4. The van der Waals surface area contributed by atoms with Crippen molar-refractivity contribution in [3.8, 4) is 0 Å². The maximum atomic E-state index is 12.7. The Kier molecular flexibility index (Phi) is 5.80. The van der Waals surface area contributed by atoms with Crippen LogP contribution in [-0.2, 0) is 5.54 Å². The van der Waals surface area contributed by atoms with Gasteiger partial charge in [-0.05, 0) is 63.6 Å². The number of pyridine rings is 1. The summed E-state index contributed by atoms with van der Waals surface area (Å²) in [5.41, 5.74) is 2.59. The van der Waals surface area contributed by atoms with E-state index in [1.807, 2.05) is 24.5 Å². The van der Waals surface area contributed by atoms with Gasteiger partial charge in [-0.3, -0.25) is 9.69 Å². The highest BCUT2D eigenvalue weighted by Crippen LogP contribution is 2.40. The molecule has 38 heavy (non-hydrogen) atoms. The summed E-state index contributed by atoms with van der Waals surface area (Å²) in [6, 6.07) is 7.17. The molecule has 9 heteroatoms. The van der Waals surface area contributed by atoms with Gasteiger partial charge in [0.2, 0.25) is 5.95 Å². The fraction of sp³-hybridized carbons (Fsp3) is 0.586. The Bertz CT molecular complexity index is 1330. The number of carbonyl (C=O) groups excluding carboxylic acids is 1. The molecule has 2 N–H and O–H groups in total. The summed E-state index contributed by atoms with van der Waals surface area (Å²) in [4.78, 5) is 32.0. The minimum Gasteiger partial charge on any atom is -0.367 e. The third kappa shape index (κ3) is 4.21. The lowest BCUT2D eigenvalue weighted by Crippen LogP contribution is -2.57. The molecule has 2 aliphatic carbocycles. The molecule has 2 aliphatic heterocycles. The lowest BCUT2D eigenvalue weighted by Gasteiger charge is -2.45. The van der Waals surface area contributed by atoms with Crippen LogP contribution in [0.3, 0.4) is 0 Å². The van der Waals surface area contributed by atoms with Crippen LogP contribution in [0.4, 0.5) is 17.5 Å². The van der Waals surface area contributed by atoms with E-state index in [0.29, 0.717) is 30.3 Å². The van der Waals surface area contributed by atoms with Crippen LogP contribution in [0.5, 0.6) is 0 Å². The summed E-state index contributed by atoms with van der Waals surface area (Å²) in [6.07, 6.45) is 12.3. The zero-order chi connectivity index (χ0) is 25.9. The SMILES string of the molecule is CC1CN(c2ccc(Nc3ncc4cc5n(c4n3)C3(CCCCC3)CNC5=O)nc2)CC(C)N1CC1CC1. The predicted molar refractivity (Wildman–Crippen MR) is 149 cm³/mol. The number of amides is 1. The van der Waals surface area contributed by atoms with E-state index in [-0.39, 0.29) is 11.4 Å². The molecule has 5 heterocycles. The molecule has 200 valence electrons. The molecule has 0 bridgehead atoms. The van der Waals surface area contributed by atoms with E-state index in [9.17, 15) is 4.79 Å². The van der Waals surface area contributed by atoms with E-state index in [1.165, 1.54) is 38.6 Å². The first-order chi connectivity index (χ1) is 18.5. The van der Waals surface area contributed by atoms with Crippen LogP contribution in [0.25, 0.3) is 11.0 Å². The van der Waals surface area contributed by atoms with E-state index >= 15 is 0 Å². The molecule has 3 aromatic rings. The van der Waals surface area contributed by atoms with Gasteiger partial charge in [-0.15, -0.1) is 0 Å². The molecule has 3 aromatic heterocycles. The first kappa shape index (κ1) is 23.9. The maximum absolute atomic E-state index is 12.7. The molecule has 0 radical (unpaired) electrons. The number of carbonyl (C=O) groups is 1. The number of nitrogens with one attached hydrogen (secondary N) is 2. The Labute approximate surface area is 224 Å². The summed E-state index contributed by atoms with van der Waals surface area (Å²) < 4.78 is 2.20. The normalized spacial score (nSPS) is 25.4. The van der Waals surface area contributed by atoms with Crippen LogP contribution in [0.15, 0.2) is 30.6 Å². The monoisotopic (exact) mass is 514 g/mol. The van der Waals surface area contributed by atoms with E-state index < -0.39 is 0 Å². The van der Waals surface area contributed by atoms with Crippen molar-refractivity contribution in [2.24, 2.45) is 5.92 Å². The van der Waals surface area contributed by atoms with Crippen molar-refractivity contribution in [1.29, 1.82) is 0 Å². The lowest BCUT2D eigenvalue weighted by atomic mass is 9.80. The second-order valence-electron chi connectivity index (χ2n) is 12.1. The summed E-state index contributed by atoms with van der Waals surface area (Å²) in [5, 5.41) is 7.33. The van der Waals surface area contributed by atoms with Gasteiger partial charge in [0.25, 0.3) is 5.91 Å². The predicted octanol–water partition coefficient (Wildman–Crippen LogP) is 4.28. The third-order valence-electron chi connectivity index (χ3n) is 9.23. The second kappa shape index (κ2) is 9.22. The fourth-order valence-corrected chi connectivity index (χ4v) is 7.01. The van der Waals surface area contributed by atoms with Crippen LogP contribution in [0.1, 0.15) is 69.3 Å². The Hall–Kier alpha value is -3.20. The lowest BCUT2D eigenvalue weighted by molar-refractivity contribution is 0.0833. The molecule has 7 rings (SSSR count). The molecule has 2 atom stereocenters. The molecule has 1 saturated heterocycles. The molecule has 0 aromatic carbocycles. The third-order valence-corrected chi connectivity index (χ3v) is 9.23. The Morgan fingerprint density at radius 2 is 1.84 bits per heavy atom. The average molecular weight is 515 g/mol. The Morgan fingerprint density at radius 3 is 2.55 bits per heavy atom. The van der Waals surface area contributed by atoms with Gasteiger partial charge in [0, 0.05) is 49.8 Å². The molecule has 9 nitrogen and oxygen atoms in total. The van der Waals surface area contributed by atoms with Gasteiger partial charge in [-0.1, -0.05) is 19.3 Å². The number of nitrogens with zero attached hydrogens (tertiary/aromatic N) is 6. The average Bonchev–Trinajstić information content (AvgIpc) is 3.66. The number of piperazine rings is 1. The fourth-order valence-electron chi connectivity index (χ4n) is 7.01. The van der Waals surface area contributed by atoms with Crippen LogP contribution in [0, 0.1) is 5.92 Å². The van der Waals surface area contributed by atoms with Crippen molar-refractivity contribution in [3.05, 3.63) is 36.3 Å². The minimum absolute atomic E-state index is 0.0250. The molecule has 2 unspecified atom stereocenters. The van der Waals surface area contributed by atoms with Crippen LogP contribution < -0.4 is 15.5 Å². The molecule has 1 amide bonds.